The second-order valence-electron chi connectivity index (χ2n) is 6.87. The Morgan fingerprint density at radius 1 is 0.926 bits per heavy atom. The fraction of sp³-hybridized carbons (Fsp3) is 0.381. The van der Waals surface area contributed by atoms with Crippen molar-refractivity contribution in [3.8, 4) is 0 Å². The first kappa shape index (κ1) is 19.6. The number of carbonyl (C=O) groups excluding carboxylic acids is 1. The van der Waals surface area contributed by atoms with Gasteiger partial charge in [0.15, 0.2) is 0 Å². The van der Waals surface area contributed by atoms with Gasteiger partial charge >= 0.3 is 0 Å². The molecule has 1 N–H and O–H groups in total. The maximum absolute atomic E-state index is 12.4. The molecular formula is C21H26N2O3S. The van der Waals surface area contributed by atoms with Crippen LogP contribution in [0.3, 0.4) is 0 Å². The van der Waals surface area contributed by atoms with E-state index in [1.807, 2.05) is 47.4 Å². The van der Waals surface area contributed by atoms with E-state index in [-0.39, 0.29) is 10.8 Å². The number of hydrogen-bond donors (Lipinski definition) is 1. The molecule has 2 aromatic rings. The van der Waals surface area contributed by atoms with Gasteiger partial charge in [-0.25, -0.2) is 13.1 Å². The first-order valence-corrected chi connectivity index (χ1v) is 10.9. The highest BCUT2D eigenvalue weighted by Gasteiger charge is 2.19. The lowest BCUT2D eigenvalue weighted by molar-refractivity contribution is -0.127. The number of benzene rings is 2. The van der Waals surface area contributed by atoms with E-state index in [9.17, 15) is 13.2 Å². The molecule has 1 aliphatic rings. The van der Waals surface area contributed by atoms with E-state index >= 15 is 0 Å². The minimum atomic E-state index is -3.49. The normalized spacial score (nSPS) is 14.7. The Balaban J connectivity index is 1.47. The lowest BCUT2D eigenvalue weighted by atomic mass is 10.1. The Bertz CT molecular complexity index is 849. The third-order valence-corrected chi connectivity index (χ3v) is 6.33. The van der Waals surface area contributed by atoms with Gasteiger partial charge in [0.05, 0.1) is 4.90 Å². The van der Waals surface area contributed by atoms with Gasteiger partial charge in [0.25, 0.3) is 0 Å². The van der Waals surface area contributed by atoms with Crippen LogP contribution in [0.4, 0.5) is 0 Å². The third-order valence-electron chi connectivity index (χ3n) is 4.85. The summed E-state index contributed by atoms with van der Waals surface area (Å²) < 4.78 is 27.5. The zero-order valence-electron chi connectivity index (χ0n) is 15.4. The Labute approximate surface area is 161 Å². The van der Waals surface area contributed by atoms with Crippen molar-refractivity contribution >= 4 is 15.9 Å². The summed E-state index contributed by atoms with van der Waals surface area (Å²) in [6, 6.07) is 17.0. The molecule has 27 heavy (non-hydrogen) atoms. The number of likely N-dealkylation sites (tertiary alicyclic amines) is 1. The molecule has 144 valence electrons. The maximum Gasteiger partial charge on any atom is 0.240 e. The lowest BCUT2D eigenvalue weighted by Gasteiger charge is -2.15. The van der Waals surface area contributed by atoms with Gasteiger partial charge in [0.1, 0.15) is 0 Å². The largest absolute Gasteiger partial charge is 0.342 e. The van der Waals surface area contributed by atoms with E-state index in [0.717, 1.165) is 37.8 Å². The number of nitrogens with one attached hydrogen (secondary N) is 1. The summed E-state index contributed by atoms with van der Waals surface area (Å²) >= 11 is 0. The number of sulfonamides is 1. The summed E-state index contributed by atoms with van der Waals surface area (Å²) in [5.41, 5.74) is 2.25. The predicted molar refractivity (Wildman–Crippen MR) is 106 cm³/mol. The molecule has 1 aliphatic heterocycles. The molecule has 0 spiro atoms. The Morgan fingerprint density at radius 3 is 2.30 bits per heavy atom. The number of nitrogens with zero attached hydrogens (tertiary/aromatic N) is 1. The van der Waals surface area contributed by atoms with Crippen LogP contribution in [0, 0.1) is 0 Å². The number of rotatable bonds is 9. The van der Waals surface area contributed by atoms with Crippen molar-refractivity contribution in [3.05, 3.63) is 65.7 Å². The van der Waals surface area contributed by atoms with E-state index in [1.165, 1.54) is 5.56 Å². The lowest BCUT2D eigenvalue weighted by Crippen LogP contribution is -2.27. The minimum Gasteiger partial charge on any atom is -0.342 e. The summed E-state index contributed by atoms with van der Waals surface area (Å²) in [5.74, 6) is 0.217. The molecule has 0 aliphatic carbocycles. The van der Waals surface area contributed by atoms with Crippen LogP contribution >= 0.6 is 0 Å². The minimum absolute atomic E-state index is 0.217. The molecule has 1 amide bonds. The topological polar surface area (TPSA) is 66.5 Å². The zero-order valence-corrected chi connectivity index (χ0v) is 16.2. The second kappa shape index (κ2) is 9.15. The Morgan fingerprint density at radius 2 is 1.63 bits per heavy atom. The van der Waals surface area contributed by atoms with Crippen molar-refractivity contribution in [2.45, 2.75) is 37.0 Å². The van der Waals surface area contributed by atoms with Gasteiger partial charge in [0.2, 0.25) is 15.9 Å². The fourth-order valence-electron chi connectivity index (χ4n) is 3.27. The number of carbonyl (C=O) groups is 1. The van der Waals surface area contributed by atoms with Crippen molar-refractivity contribution in [1.82, 2.24) is 9.62 Å². The van der Waals surface area contributed by atoms with Crippen LogP contribution in [0.2, 0.25) is 0 Å². The molecular weight excluding hydrogens is 360 g/mol. The fourth-order valence-corrected chi connectivity index (χ4v) is 4.34. The maximum atomic E-state index is 12.4. The summed E-state index contributed by atoms with van der Waals surface area (Å²) in [6.45, 7) is 1.94. The van der Waals surface area contributed by atoms with Gasteiger partial charge in [-0.3, -0.25) is 4.79 Å². The monoisotopic (exact) mass is 386 g/mol. The SMILES string of the molecule is O=C1CCCN1CCc1ccc(S(=O)(=O)NCCCc2ccccc2)cc1. The van der Waals surface area contributed by atoms with Crippen LogP contribution in [0.25, 0.3) is 0 Å². The highest BCUT2D eigenvalue weighted by atomic mass is 32.2. The molecule has 0 atom stereocenters. The molecule has 3 rings (SSSR count). The van der Waals surface area contributed by atoms with Gasteiger partial charge in [-0.05, 0) is 48.9 Å². The van der Waals surface area contributed by atoms with Gasteiger partial charge < -0.3 is 4.90 Å². The van der Waals surface area contributed by atoms with Crippen molar-refractivity contribution < 1.29 is 13.2 Å². The molecule has 0 saturated carbocycles. The molecule has 6 heteroatoms. The molecule has 0 unspecified atom stereocenters. The van der Waals surface area contributed by atoms with Crippen LogP contribution < -0.4 is 4.72 Å². The molecule has 0 aromatic heterocycles. The van der Waals surface area contributed by atoms with Gasteiger partial charge in [-0.1, -0.05) is 42.5 Å². The van der Waals surface area contributed by atoms with Crippen LogP contribution in [0.15, 0.2) is 59.5 Å². The van der Waals surface area contributed by atoms with Crippen LogP contribution in [-0.4, -0.2) is 38.9 Å². The Kier molecular flexibility index (Phi) is 6.63. The summed E-state index contributed by atoms with van der Waals surface area (Å²) in [6.07, 6.45) is 3.93. The second-order valence-corrected chi connectivity index (χ2v) is 8.63. The smallest absolute Gasteiger partial charge is 0.240 e. The van der Waals surface area contributed by atoms with Crippen molar-refractivity contribution in [2.75, 3.05) is 19.6 Å². The number of aryl methyl sites for hydroxylation is 1. The van der Waals surface area contributed by atoms with Gasteiger partial charge in [-0.15, -0.1) is 0 Å². The standard InChI is InChI=1S/C21H26N2O3S/c24-21-9-5-16-23(21)17-14-19-10-12-20(13-11-19)27(25,26)22-15-4-8-18-6-2-1-3-7-18/h1-3,6-7,10-13,22H,4-5,8-9,14-17H2. The molecule has 5 nitrogen and oxygen atoms in total. The quantitative estimate of drug-likeness (QED) is 0.674. The van der Waals surface area contributed by atoms with Gasteiger partial charge in [0, 0.05) is 26.1 Å². The highest BCUT2D eigenvalue weighted by Crippen LogP contribution is 2.14. The highest BCUT2D eigenvalue weighted by molar-refractivity contribution is 7.89. The summed E-state index contributed by atoms with van der Waals surface area (Å²) in [7, 11) is -3.49. The zero-order chi connectivity index (χ0) is 19.1. The van der Waals surface area contributed by atoms with Crippen molar-refractivity contribution in [3.63, 3.8) is 0 Å². The molecule has 1 saturated heterocycles. The van der Waals surface area contributed by atoms with Crippen LogP contribution in [0.5, 0.6) is 0 Å². The first-order valence-electron chi connectivity index (χ1n) is 9.45. The number of amides is 1. The molecule has 0 radical (unpaired) electrons. The van der Waals surface area contributed by atoms with Gasteiger partial charge in [-0.2, -0.15) is 0 Å². The molecule has 0 bridgehead atoms. The average Bonchev–Trinajstić information content (AvgIpc) is 3.10. The van der Waals surface area contributed by atoms with Crippen LogP contribution in [0.1, 0.15) is 30.4 Å². The van der Waals surface area contributed by atoms with E-state index in [2.05, 4.69) is 4.72 Å². The summed E-state index contributed by atoms with van der Waals surface area (Å²) in [4.78, 5) is 13.8. The average molecular weight is 387 g/mol. The van der Waals surface area contributed by atoms with E-state index in [1.54, 1.807) is 12.1 Å². The predicted octanol–water partition coefficient (Wildman–Crippen LogP) is 2.76. The first-order chi connectivity index (χ1) is 13.0. The third kappa shape index (κ3) is 5.65. The van der Waals surface area contributed by atoms with Crippen LogP contribution in [-0.2, 0) is 27.7 Å². The van der Waals surface area contributed by atoms with Crippen molar-refractivity contribution in [1.29, 1.82) is 0 Å². The van der Waals surface area contributed by atoms with Crippen molar-refractivity contribution in [2.24, 2.45) is 0 Å². The Hall–Kier alpha value is -2.18. The molecule has 1 heterocycles. The molecule has 1 fully saturated rings. The number of hydrogen-bond acceptors (Lipinski definition) is 3. The van der Waals surface area contributed by atoms with E-state index < -0.39 is 10.0 Å². The molecule has 2 aromatic carbocycles. The summed E-state index contributed by atoms with van der Waals surface area (Å²) in [5, 5.41) is 0. The van der Waals surface area contributed by atoms with E-state index in [0.29, 0.717) is 19.5 Å². The van der Waals surface area contributed by atoms with E-state index in [4.69, 9.17) is 0 Å².